The van der Waals surface area contributed by atoms with E-state index in [2.05, 4.69) is 10.6 Å². The first kappa shape index (κ1) is 24.1. The van der Waals surface area contributed by atoms with Gasteiger partial charge in [-0.25, -0.2) is 9.18 Å². The van der Waals surface area contributed by atoms with Gasteiger partial charge in [0.15, 0.2) is 0 Å². The first-order chi connectivity index (χ1) is 11.4. The summed E-state index contributed by atoms with van der Waals surface area (Å²) in [5, 5.41) is 25.2. The number of anilines is 1. The molecule has 1 amide bonds. The van der Waals surface area contributed by atoms with Crippen molar-refractivity contribution in [3.8, 4) is 6.07 Å². The normalized spacial score (nSPS) is 12.5. The van der Waals surface area contributed by atoms with Crippen molar-refractivity contribution in [3.63, 3.8) is 0 Å². The van der Waals surface area contributed by atoms with Gasteiger partial charge in [-0.05, 0) is 52.3 Å². The van der Waals surface area contributed by atoms with Gasteiger partial charge in [0.05, 0.1) is 17.7 Å². The van der Waals surface area contributed by atoms with E-state index in [9.17, 15) is 19.6 Å². The van der Waals surface area contributed by atoms with Gasteiger partial charge in [0.1, 0.15) is 12.3 Å². The van der Waals surface area contributed by atoms with Crippen LogP contribution in [0.2, 0.25) is 0 Å². The Balaban J connectivity index is 0.00000625. The largest absolute Gasteiger partial charge is 0.446 e. The second kappa shape index (κ2) is 9.72. The number of aliphatic hydroxyl groups excluding tert-OH is 1. The zero-order valence-electron chi connectivity index (χ0n) is 15.7. The van der Waals surface area contributed by atoms with Crippen molar-refractivity contribution in [1.82, 2.24) is 5.32 Å². The van der Waals surface area contributed by atoms with Crippen LogP contribution in [0.5, 0.6) is 0 Å². The molecule has 1 unspecified atom stereocenters. The van der Waals surface area contributed by atoms with Crippen LogP contribution in [0.15, 0.2) is 18.2 Å². The zero-order valence-corrected chi connectivity index (χ0v) is 16.5. The average molecular weight is 388 g/mol. The Hall–Kier alpha value is -1.88. The number of hydrogen-bond acceptors (Lipinski definition) is 5. The minimum absolute atomic E-state index is 0. The van der Waals surface area contributed by atoms with E-state index in [4.69, 9.17) is 4.74 Å². The molecule has 8 heteroatoms. The summed E-state index contributed by atoms with van der Waals surface area (Å²) in [5.41, 5.74) is -0.750. The topological polar surface area (TPSA) is 94.4 Å². The number of nitriles is 1. The predicted octanol–water partition coefficient (Wildman–Crippen LogP) is 3.70. The highest BCUT2D eigenvalue weighted by Crippen LogP contribution is 2.22. The van der Waals surface area contributed by atoms with E-state index in [1.54, 1.807) is 12.1 Å². The Kier molecular flexibility index (Phi) is 9.01. The molecule has 6 nitrogen and oxygen atoms in total. The third-order valence-electron chi connectivity index (χ3n) is 3.15. The number of carbonyl (C=O) groups excluding carboxylic acids is 1. The van der Waals surface area contributed by atoms with Gasteiger partial charge >= 0.3 is 6.09 Å². The van der Waals surface area contributed by atoms with Crippen molar-refractivity contribution >= 4 is 24.2 Å². The van der Waals surface area contributed by atoms with E-state index in [0.29, 0.717) is 17.8 Å². The van der Waals surface area contributed by atoms with Gasteiger partial charge < -0.3 is 15.2 Å². The van der Waals surface area contributed by atoms with Crippen LogP contribution in [0.3, 0.4) is 0 Å². The van der Waals surface area contributed by atoms with Crippen molar-refractivity contribution in [2.75, 3.05) is 18.5 Å². The summed E-state index contributed by atoms with van der Waals surface area (Å²) in [4.78, 5) is 11.6. The van der Waals surface area contributed by atoms with E-state index in [-0.39, 0.29) is 30.1 Å². The third-order valence-corrected chi connectivity index (χ3v) is 3.15. The monoisotopic (exact) mass is 387 g/mol. The molecule has 0 aliphatic carbocycles. The third kappa shape index (κ3) is 8.99. The molecule has 0 bridgehead atoms. The number of rotatable bonds is 6. The van der Waals surface area contributed by atoms with Crippen molar-refractivity contribution in [1.29, 1.82) is 5.26 Å². The van der Waals surface area contributed by atoms with Crippen LogP contribution >= 0.6 is 12.4 Å². The van der Waals surface area contributed by atoms with E-state index < -0.39 is 17.9 Å². The van der Waals surface area contributed by atoms with E-state index in [0.717, 1.165) is 0 Å². The molecule has 0 spiro atoms. The Morgan fingerprint density at radius 1 is 1.35 bits per heavy atom. The highest BCUT2D eigenvalue weighted by Gasteiger charge is 2.19. The fourth-order valence-corrected chi connectivity index (χ4v) is 1.93. The van der Waals surface area contributed by atoms with Gasteiger partial charge in [-0.3, -0.25) is 5.32 Å². The standard InChI is InChI=1S/C18H26FN3O3.ClH/c1-17(2,3)21-10-15(23)14-7-6-13(8-12(14)9-20)22-16(24)25-11-18(4,5)19;/h6-8,15,21,23H,10-11H2,1-5H3,(H,22,24);1H. The van der Waals surface area contributed by atoms with Crippen LogP contribution in [0.25, 0.3) is 0 Å². The molecule has 146 valence electrons. The number of halogens is 2. The molecule has 1 rings (SSSR count). The van der Waals surface area contributed by atoms with Crippen molar-refractivity contribution in [2.45, 2.75) is 51.9 Å². The van der Waals surface area contributed by atoms with Gasteiger partial charge in [0.25, 0.3) is 0 Å². The van der Waals surface area contributed by atoms with E-state index >= 15 is 0 Å². The molecule has 0 heterocycles. The molecule has 0 radical (unpaired) electrons. The highest BCUT2D eigenvalue weighted by atomic mass is 35.5. The molecule has 1 aromatic rings. The fourth-order valence-electron chi connectivity index (χ4n) is 1.93. The summed E-state index contributed by atoms with van der Waals surface area (Å²) in [6.07, 6.45) is -1.67. The Bertz CT molecular complexity index is 649. The molecule has 0 fully saturated rings. The first-order valence-electron chi connectivity index (χ1n) is 8.01. The number of ether oxygens (including phenoxy) is 1. The fraction of sp³-hybridized carbons (Fsp3) is 0.556. The maximum atomic E-state index is 13.3. The molecule has 0 aliphatic rings. The van der Waals surface area contributed by atoms with Crippen molar-refractivity contribution in [2.24, 2.45) is 0 Å². The predicted molar refractivity (Wildman–Crippen MR) is 101 cm³/mol. The molecule has 1 aromatic carbocycles. The quantitative estimate of drug-likeness (QED) is 0.691. The number of benzene rings is 1. The smallest absolute Gasteiger partial charge is 0.411 e. The van der Waals surface area contributed by atoms with Gasteiger partial charge in [-0.2, -0.15) is 5.26 Å². The van der Waals surface area contributed by atoms with Crippen LogP contribution in [0, 0.1) is 11.3 Å². The first-order valence-corrected chi connectivity index (χ1v) is 8.01. The average Bonchev–Trinajstić information content (AvgIpc) is 2.49. The SMILES string of the molecule is CC(C)(F)COC(=O)Nc1ccc(C(O)CNC(C)(C)C)c(C#N)c1.Cl. The maximum Gasteiger partial charge on any atom is 0.411 e. The number of alkyl halides is 1. The molecular formula is C18H27ClFN3O3. The van der Waals surface area contributed by atoms with E-state index in [1.165, 1.54) is 19.9 Å². The second-order valence-corrected chi connectivity index (χ2v) is 7.48. The molecule has 0 aliphatic heterocycles. The number of carbonyl (C=O) groups is 1. The van der Waals surface area contributed by atoms with Gasteiger partial charge in [0.2, 0.25) is 0 Å². The summed E-state index contributed by atoms with van der Waals surface area (Å²) in [5.74, 6) is 0. The molecule has 0 saturated carbocycles. The second-order valence-electron chi connectivity index (χ2n) is 7.48. The Labute approximate surface area is 160 Å². The van der Waals surface area contributed by atoms with Gasteiger partial charge in [-0.1, -0.05) is 6.07 Å². The number of hydrogen-bond donors (Lipinski definition) is 3. The van der Waals surface area contributed by atoms with Crippen LogP contribution in [-0.2, 0) is 4.74 Å². The van der Waals surface area contributed by atoms with Crippen LogP contribution in [-0.4, -0.2) is 35.6 Å². The highest BCUT2D eigenvalue weighted by molar-refractivity contribution is 5.85. The number of aliphatic hydroxyl groups is 1. The Morgan fingerprint density at radius 3 is 2.46 bits per heavy atom. The van der Waals surface area contributed by atoms with Crippen LogP contribution in [0.4, 0.5) is 14.9 Å². The van der Waals surface area contributed by atoms with Crippen molar-refractivity contribution in [3.05, 3.63) is 29.3 Å². The molecule has 0 aromatic heterocycles. The summed E-state index contributed by atoms with van der Waals surface area (Å²) < 4.78 is 18.1. The summed E-state index contributed by atoms with van der Waals surface area (Å²) in [6.45, 7) is 8.44. The van der Waals surface area contributed by atoms with Crippen LogP contribution in [0.1, 0.15) is 51.8 Å². The number of nitrogens with zero attached hydrogens (tertiary/aromatic N) is 1. The lowest BCUT2D eigenvalue weighted by molar-refractivity contribution is 0.0799. The van der Waals surface area contributed by atoms with E-state index in [1.807, 2.05) is 26.8 Å². The minimum Gasteiger partial charge on any atom is -0.446 e. The molecule has 26 heavy (non-hydrogen) atoms. The summed E-state index contributed by atoms with van der Waals surface area (Å²) in [6, 6.07) is 6.57. The zero-order chi connectivity index (χ0) is 19.3. The molecular weight excluding hydrogens is 361 g/mol. The number of amides is 1. The van der Waals surface area contributed by atoms with Gasteiger partial charge in [0, 0.05) is 17.8 Å². The molecule has 1 atom stereocenters. The number of β-amino-alcohol motifs (C(OH)–C–C–N with tert-alkyl or cyclic N) is 1. The van der Waals surface area contributed by atoms with Crippen LogP contribution < -0.4 is 10.6 Å². The lowest BCUT2D eigenvalue weighted by Crippen LogP contribution is -2.38. The molecule has 0 saturated heterocycles. The summed E-state index contributed by atoms with van der Waals surface area (Å²) >= 11 is 0. The lowest BCUT2D eigenvalue weighted by Gasteiger charge is -2.23. The van der Waals surface area contributed by atoms with Crippen molar-refractivity contribution < 1.29 is 19.0 Å². The van der Waals surface area contributed by atoms with Gasteiger partial charge in [-0.15, -0.1) is 12.4 Å². The lowest BCUT2D eigenvalue weighted by atomic mass is 10.0. The maximum absolute atomic E-state index is 13.3. The summed E-state index contributed by atoms with van der Waals surface area (Å²) in [7, 11) is 0. The molecule has 3 N–H and O–H groups in total. The number of nitrogens with one attached hydrogen (secondary N) is 2. The Morgan fingerprint density at radius 2 is 1.96 bits per heavy atom. The minimum atomic E-state index is -1.62.